The van der Waals surface area contributed by atoms with Crippen molar-refractivity contribution in [1.82, 2.24) is 10.6 Å². The molecule has 0 saturated heterocycles. The lowest BCUT2D eigenvalue weighted by molar-refractivity contribution is -0.143. The largest absolute Gasteiger partial charge is 0.480 e. The maximum atomic E-state index is 11.5. The number of carboxylic acid groups (broad SMARTS) is 1. The van der Waals surface area contributed by atoms with Gasteiger partial charge in [0.05, 0.1) is 12.7 Å². The predicted octanol–water partition coefficient (Wildman–Crippen LogP) is -1.16. The van der Waals surface area contributed by atoms with Crippen molar-refractivity contribution in [1.29, 1.82) is 0 Å². The summed E-state index contributed by atoms with van der Waals surface area (Å²) in [5, 5.41) is 13.4. The smallest absolute Gasteiger partial charge is 0.326 e. The second kappa shape index (κ2) is 7.68. The second-order valence-electron chi connectivity index (χ2n) is 4.11. The highest BCUT2D eigenvalue weighted by molar-refractivity contribution is 5.92. The summed E-state index contributed by atoms with van der Waals surface area (Å²) in [5.74, 6) is -3.20. The van der Waals surface area contributed by atoms with E-state index in [9.17, 15) is 19.2 Å². The van der Waals surface area contributed by atoms with E-state index in [0.29, 0.717) is 0 Å². The number of carbonyl (C=O) groups is 4. The van der Waals surface area contributed by atoms with E-state index in [-0.39, 0.29) is 18.7 Å². The van der Waals surface area contributed by atoms with Gasteiger partial charge in [-0.2, -0.15) is 0 Å². The van der Waals surface area contributed by atoms with Gasteiger partial charge in [0.1, 0.15) is 6.04 Å². The van der Waals surface area contributed by atoms with Crippen LogP contribution >= 0.6 is 0 Å². The van der Waals surface area contributed by atoms with Gasteiger partial charge in [-0.1, -0.05) is 0 Å². The summed E-state index contributed by atoms with van der Waals surface area (Å²) < 4.78 is 4.85. The van der Waals surface area contributed by atoms with Crippen molar-refractivity contribution in [3.05, 3.63) is 24.2 Å². The highest BCUT2D eigenvalue weighted by Gasteiger charge is 2.21. The third-order valence-electron chi connectivity index (χ3n) is 2.42. The number of nitrogens with one attached hydrogen (secondary N) is 2. The van der Waals surface area contributed by atoms with Crippen LogP contribution in [0.1, 0.15) is 23.4 Å². The molecule has 1 aromatic rings. The van der Waals surface area contributed by atoms with Crippen molar-refractivity contribution in [3.8, 4) is 0 Å². The van der Waals surface area contributed by atoms with Crippen LogP contribution in [0.3, 0.4) is 0 Å². The summed E-state index contributed by atoms with van der Waals surface area (Å²) in [6.07, 6.45) is 0.692. The number of nitrogens with two attached hydrogens (primary N) is 1. The van der Waals surface area contributed by atoms with Crippen LogP contribution in [-0.4, -0.2) is 41.4 Å². The van der Waals surface area contributed by atoms with Crippen molar-refractivity contribution in [2.24, 2.45) is 5.73 Å². The van der Waals surface area contributed by atoms with E-state index in [1.807, 2.05) is 0 Å². The average molecular weight is 297 g/mol. The molecule has 1 aromatic heterocycles. The van der Waals surface area contributed by atoms with Crippen LogP contribution in [0.25, 0.3) is 0 Å². The monoisotopic (exact) mass is 297 g/mol. The molecule has 0 aliphatic carbocycles. The molecule has 0 aliphatic rings. The standard InChI is InChI=1S/C12H15N3O6/c13-9(16)6-7(12(19)20)15-10(17)3-4-14-11(18)8-2-1-5-21-8/h1-2,5,7H,3-4,6H2,(H2,13,16)(H,14,18)(H,15,17)(H,19,20). The molecular weight excluding hydrogens is 282 g/mol. The molecule has 0 aromatic carbocycles. The maximum absolute atomic E-state index is 11.5. The Kier molecular flexibility index (Phi) is 5.93. The van der Waals surface area contributed by atoms with Gasteiger partial charge in [0.2, 0.25) is 11.8 Å². The SMILES string of the molecule is NC(=O)CC(NC(=O)CCNC(=O)c1ccco1)C(=O)O. The Morgan fingerprint density at radius 2 is 2.05 bits per heavy atom. The minimum absolute atomic E-state index is 0.00568. The molecule has 21 heavy (non-hydrogen) atoms. The molecule has 0 spiro atoms. The zero-order valence-electron chi connectivity index (χ0n) is 11.0. The summed E-state index contributed by atoms with van der Waals surface area (Å²) >= 11 is 0. The number of aliphatic carboxylic acids is 1. The normalized spacial score (nSPS) is 11.4. The van der Waals surface area contributed by atoms with Gasteiger partial charge in [-0.3, -0.25) is 14.4 Å². The summed E-state index contributed by atoms with van der Waals surface area (Å²) in [6, 6.07) is 1.63. The van der Waals surface area contributed by atoms with Gasteiger partial charge >= 0.3 is 5.97 Å². The Morgan fingerprint density at radius 3 is 2.57 bits per heavy atom. The fourth-order valence-corrected chi connectivity index (χ4v) is 1.45. The Balaban J connectivity index is 2.34. The molecule has 0 radical (unpaired) electrons. The zero-order valence-corrected chi connectivity index (χ0v) is 11.0. The molecule has 1 heterocycles. The number of primary amides is 1. The fraction of sp³-hybridized carbons (Fsp3) is 0.333. The molecule has 0 bridgehead atoms. The van der Waals surface area contributed by atoms with Crippen molar-refractivity contribution >= 4 is 23.7 Å². The van der Waals surface area contributed by atoms with E-state index in [2.05, 4.69) is 10.6 Å². The van der Waals surface area contributed by atoms with Crippen LogP contribution in [-0.2, 0) is 14.4 Å². The van der Waals surface area contributed by atoms with Crippen molar-refractivity contribution < 1.29 is 28.7 Å². The number of carbonyl (C=O) groups excluding carboxylic acids is 3. The Hall–Kier alpha value is -2.84. The summed E-state index contributed by atoms with van der Waals surface area (Å²) in [7, 11) is 0. The van der Waals surface area contributed by atoms with Crippen molar-refractivity contribution in [2.45, 2.75) is 18.9 Å². The average Bonchev–Trinajstić information content (AvgIpc) is 2.91. The maximum Gasteiger partial charge on any atom is 0.326 e. The van der Waals surface area contributed by atoms with Crippen LogP contribution in [0.5, 0.6) is 0 Å². The number of rotatable bonds is 8. The van der Waals surface area contributed by atoms with Gasteiger partial charge < -0.3 is 25.9 Å². The first kappa shape index (κ1) is 16.2. The molecule has 114 valence electrons. The highest BCUT2D eigenvalue weighted by Crippen LogP contribution is 1.99. The Morgan fingerprint density at radius 1 is 1.33 bits per heavy atom. The molecule has 3 amide bonds. The van der Waals surface area contributed by atoms with E-state index < -0.39 is 36.2 Å². The van der Waals surface area contributed by atoms with Crippen LogP contribution < -0.4 is 16.4 Å². The number of furan rings is 1. The predicted molar refractivity (Wildman–Crippen MR) is 69.0 cm³/mol. The third kappa shape index (κ3) is 5.76. The molecule has 0 saturated carbocycles. The minimum atomic E-state index is -1.38. The topological polar surface area (TPSA) is 152 Å². The first-order valence-corrected chi connectivity index (χ1v) is 6.02. The minimum Gasteiger partial charge on any atom is -0.480 e. The van der Waals surface area contributed by atoms with E-state index in [4.69, 9.17) is 15.3 Å². The van der Waals surface area contributed by atoms with E-state index in [0.717, 1.165) is 0 Å². The molecule has 9 nitrogen and oxygen atoms in total. The fourth-order valence-electron chi connectivity index (χ4n) is 1.45. The molecule has 1 rings (SSSR count). The van der Waals surface area contributed by atoms with Gasteiger partial charge in [-0.15, -0.1) is 0 Å². The third-order valence-corrected chi connectivity index (χ3v) is 2.42. The highest BCUT2D eigenvalue weighted by atomic mass is 16.4. The van der Waals surface area contributed by atoms with Crippen molar-refractivity contribution in [2.75, 3.05) is 6.54 Å². The van der Waals surface area contributed by atoms with Crippen LogP contribution in [0, 0.1) is 0 Å². The van der Waals surface area contributed by atoms with E-state index >= 15 is 0 Å². The molecule has 0 aliphatic heterocycles. The van der Waals surface area contributed by atoms with Gasteiger partial charge in [0, 0.05) is 13.0 Å². The van der Waals surface area contributed by atoms with Crippen LogP contribution in [0.15, 0.2) is 22.8 Å². The molecule has 5 N–H and O–H groups in total. The second-order valence-corrected chi connectivity index (χ2v) is 4.11. The van der Waals surface area contributed by atoms with Gasteiger partial charge in [-0.05, 0) is 12.1 Å². The molecule has 1 unspecified atom stereocenters. The number of hydrogen-bond acceptors (Lipinski definition) is 5. The first-order valence-electron chi connectivity index (χ1n) is 6.02. The van der Waals surface area contributed by atoms with E-state index in [1.54, 1.807) is 6.07 Å². The van der Waals surface area contributed by atoms with Gasteiger partial charge in [0.25, 0.3) is 5.91 Å². The molecule has 1 atom stereocenters. The molecule has 0 fully saturated rings. The lowest BCUT2D eigenvalue weighted by atomic mass is 10.2. The summed E-state index contributed by atoms with van der Waals surface area (Å²) in [4.78, 5) is 44.5. The summed E-state index contributed by atoms with van der Waals surface area (Å²) in [6.45, 7) is -0.00568. The lowest BCUT2D eigenvalue weighted by Crippen LogP contribution is -2.44. The Bertz CT molecular complexity index is 525. The molecular formula is C12H15N3O6. The van der Waals surface area contributed by atoms with Gasteiger partial charge in [-0.25, -0.2) is 4.79 Å². The van der Waals surface area contributed by atoms with E-state index in [1.165, 1.54) is 12.3 Å². The number of amides is 3. The first-order chi connectivity index (χ1) is 9.90. The quantitative estimate of drug-likeness (QED) is 0.475. The van der Waals surface area contributed by atoms with Crippen LogP contribution in [0.4, 0.5) is 0 Å². The number of hydrogen-bond donors (Lipinski definition) is 4. The Labute approximate surface area is 119 Å². The van der Waals surface area contributed by atoms with Crippen molar-refractivity contribution in [3.63, 3.8) is 0 Å². The summed E-state index contributed by atoms with van der Waals surface area (Å²) in [5.41, 5.74) is 4.88. The van der Waals surface area contributed by atoms with Crippen LogP contribution in [0.2, 0.25) is 0 Å². The zero-order chi connectivity index (χ0) is 15.8. The van der Waals surface area contributed by atoms with Gasteiger partial charge in [0.15, 0.2) is 5.76 Å². The lowest BCUT2D eigenvalue weighted by Gasteiger charge is -2.12. The number of carboxylic acids is 1. The molecule has 9 heteroatoms.